The average Bonchev–Trinajstić information content (AvgIpc) is 3.18. The summed E-state index contributed by atoms with van der Waals surface area (Å²) >= 11 is 0. The zero-order chi connectivity index (χ0) is 20.1. The van der Waals surface area contributed by atoms with Crippen molar-refractivity contribution in [3.05, 3.63) is 65.2 Å². The molecule has 146 valence electrons. The Morgan fingerprint density at radius 1 is 1.04 bits per heavy atom. The summed E-state index contributed by atoms with van der Waals surface area (Å²) < 4.78 is 0. The van der Waals surface area contributed by atoms with Crippen LogP contribution in [0.25, 0.3) is 0 Å². The van der Waals surface area contributed by atoms with Crippen molar-refractivity contribution in [3.63, 3.8) is 0 Å². The molecule has 6 nitrogen and oxygen atoms in total. The molecule has 2 aromatic rings. The number of carbonyl (C=O) groups excluding carboxylic acids is 2. The van der Waals surface area contributed by atoms with Crippen molar-refractivity contribution in [1.29, 1.82) is 0 Å². The minimum absolute atomic E-state index is 0.0290. The maximum Gasteiger partial charge on any atom is 0.322 e. The lowest BCUT2D eigenvalue weighted by molar-refractivity contribution is -0.135. The molecule has 0 radical (unpaired) electrons. The zero-order valence-electron chi connectivity index (χ0n) is 15.8. The Labute approximate surface area is 164 Å². The molecule has 0 saturated heterocycles. The molecule has 0 aliphatic heterocycles. The van der Waals surface area contributed by atoms with Gasteiger partial charge in [-0.1, -0.05) is 42.7 Å². The van der Waals surface area contributed by atoms with Crippen LogP contribution in [0.1, 0.15) is 47.2 Å². The number of aryl methyl sites for hydroxylation is 1. The number of hydrogen-bond acceptors (Lipinski definition) is 3. The number of carbonyl (C=O) groups is 3. The van der Waals surface area contributed by atoms with E-state index in [1.54, 1.807) is 24.3 Å². The number of rotatable bonds is 6. The van der Waals surface area contributed by atoms with E-state index in [0.29, 0.717) is 11.3 Å². The third-order valence-corrected chi connectivity index (χ3v) is 5.27. The molecule has 0 heterocycles. The average molecular weight is 380 g/mol. The van der Waals surface area contributed by atoms with Crippen molar-refractivity contribution >= 4 is 23.5 Å². The number of aliphatic carboxylic acids is 1. The largest absolute Gasteiger partial charge is 0.480 e. The molecule has 1 aliphatic carbocycles. The van der Waals surface area contributed by atoms with Crippen LogP contribution < -0.4 is 10.6 Å². The van der Waals surface area contributed by atoms with Crippen molar-refractivity contribution in [2.24, 2.45) is 0 Å². The number of anilines is 1. The molecule has 3 N–H and O–H groups in total. The van der Waals surface area contributed by atoms with E-state index in [9.17, 15) is 14.4 Å². The van der Waals surface area contributed by atoms with Crippen molar-refractivity contribution in [3.8, 4) is 0 Å². The summed E-state index contributed by atoms with van der Waals surface area (Å²) in [6, 6.07) is 14.6. The zero-order valence-corrected chi connectivity index (χ0v) is 15.8. The number of carboxylic acids is 1. The summed E-state index contributed by atoms with van der Waals surface area (Å²) in [5.41, 5.74) is 2.61. The van der Waals surface area contributed by atoms with Gasteiger partial charge in [-0.25, -0.2) is 0 Å². The van der Waals surface area contributed by atoms with Gasteiger partial charge in [-0.05, 0) is 49.6 Å². The minimum atomic E-state index is -1.10. The van der Waals surface area contributed by atoms with Gasteiger partial charge < -0.3 is 15.7 Å². The van der Waals surface area contributed by atoms with Gasteiger partial charge >= 0.3 is 5.97 Å². The molecule has 6 heteroatoms. The number of benzene rings is 2. The smallest absolute Gasteiger partial charge is 0.322 e. The van der Waals surface area contributed by atoms with Gasteiger partial charge in [-0.3, -0.25) is 14.4 Å². The van der Waals surface area contributed by atoms with Crippen molar-refractivity contribution < 1.29 is 19.5 Å². The summed E-state index contributed by atoms with van der Waals surface area (Å²) in [6.45, 7) is 1.59. The van der Waals surface area contributed by atoms with Gasteiger partial charge in [-0.15, -0.1) is 0 Å². The van der Waals surface area contributed by atoms with Crippen LogP contribution in [0.3, 0.4) is 0 Å². The molecular formula is C22H24N2O4. The molecule has 0 aromatic heterocycles. The predicted octanol–water partition coefficient (Wildman–Crippen LogP) is 3.26. The Morgan fingerprint density at radius 2 is 1.71 bits per heavy atom. The summed E-state index contributed by atoms with van der Waals surface area (Å²) in [5, 5.41) is 13.9. The molecule has 2 amide bonds. The highest BCUT2D eigenvalue weighted by molar-refractivity contribution is 6.00. The van der Waals surface area contributed by atoms with E-state index in [1.807, 2.05) is 25.1 Å². The van der Waals surface area contributed by atoms with Gasteiger partial charge in [0.15, 0.2) is 0 Å². The molecule has 2 aromatic carbocycles. The van der Waals surface area contributed by atoms with Gasteiger partial charge in [0, 0.05) is 11.3 Å². The maximum absolute atomic E-state index is 13.2. The standard InChI is InChI=1S/C22H24N2O4/c1-15-5-4-6-17(13-15)22(11-2-3-12-22)21(28)24-18-9-7-16(8-10-18)20(27)23-14-19(25)26/h4-10,13H,2-3,11-12,14H2,1H3,(H,23,27)(H,24,28)(H,25,26). The van der Waals surface area contributed by atoms with E-state index in [4.69, 9.17) is 5.11 Å². The number of amides is 2. The van der Waals surface area contributed by atoms with Crippen LogP contribution >= 0.6 is 0 Å². The second kappa shape index (κ2) is 8.25. The van der Waals surface area contributed by atoms with Gasteiger partial charge in [0.2, 0.25) is 5.91 Å². The first-order chi connectivity index (χ1) is 13.4. The van der Waals surface area contributed by atoms with E-state index in [-0.39, 0.29) is 5.91 Å². The van der Waals surface area contributed by atoms with Crippen LogP contribution in [0, 0.1) is 6.92 Å². The minimum Gasteiger partial charge on any atom is -0.480 e. The number of carboxylic acid groups (broad SMARTS) is 1. The Morgan fingerprint density at radius 3 is 2.32 bits per heavy atom. The van der Waals surface area contributed by atoms with Crippen LogP contribution in [0.2, 0.25) is 0 Å². The second-order valence-electron chi connectivity index (χ2n) is 7.27. The monoisotopic (exact) mass is 380 g/mol. The van der Waals surface area contributed by atoms with Crippen molar-refractivity contribution in [2.75, 3.05) is 11.9 Å². The highest BCUT2D eigenvalue weighted by atomic mass is 16.4. The SMILES string of the molecule is Cc1cccc(C2(C(=O)Nc3ccc(C(=O)NCC(=O)O)cc3)CCCC2)c1. The molecule has 3 rings (SSSR count). The first kappa shape index (κ1) is 19.6. The molecule has 1 saturated carbocycles. The Bertz CT molecular complexity index is 884. The van der Waals surface area contributed by atoms with Crippen molar-refractivity contribution in [2.45, 2.75) is 38.0 Å². The van der Waals surface area contributed by atoms with Crippen LogP contribution in [-0.4, -0.2) is 29.4 Å². The van der Waals surface area contributed by atoms with E-state index >= 15 is 0 Å². The molecule has 28 heavy (non-hydrogen) atoms. The second-order valence-corrected chi connectivity index (χ2v) is 7.27. The lowest BCUT2D eigenvalue weighted by atomic mass is 9.77. The van der Waals surface area contributed by atoms with E-state index in [0.717, 1.165) is 36.8 Å². The van der Waals surface area contributed by atoms with E-state index < -0.39 is 23.8 Å². The Hall–Kier alpha value is -3.15. The molecular weight excluding hydrogens is 356 g/mol. The third kappa shape index (κ3) is 4.22. The van der Waals surface area contributed by atoms with Gasteiger partial charge in [-0.2, -0.15) is 0 Å². The maximum atomic E-state index is 13.2. The fraction of sp³-hybridized carbons (Fsp3) is 0.318. The molecule has 1 fully saturated rings. The summed E-state index contributed by atoms with van der Waals surface area (Å²) in [6.07, 6.45) is 3.67. The summed E-state index contributed by atoms with van der Waals surface area (Å²) in [4.78, 5) is 35.6. The fourth-order valence-electron chi connectivity index (χ4n) is 3.78. The molecule has 0 unspecified atom stereocenters. The third-order valence-electron chi connectivity index (χ3n) is 5.27. The van der Waals surface area contributed by atoms with Crippen LogP contribution in [0.4, 0.5) is 5.69 Å². The highest BCUT2D eigenvalue weighted by Gasteiger charge is 2.42. The normalized spacial score (nSPS) is 15.0. The lowest BCUT2D eigenvalue weighted by Gasteiger charge is -2.28. The molecule has 1 aliphatic rings. The topological polar surface area (TPSA) is 95.5 Å². The molecule has 0 bridgehead atoms. The van der Waals surface area contributed by atoms with Crippen molar-refractivity contribution in [1.82, 2.24) is 5.32 Å². The quantitative estimate of drug-likeness (QED) is 0.717. The highest BCUT2D eigenvalue weighted by Crippen LogP contribution is 2.42. The van der Waals surface area contributed by atoms with Gasteiger partial charge in [0.25, 0.3) is 5.91 Å². The van der Waals surface area contributed by atoms with Crippen LogP contribution in [0.5, 0.6) is 0 Å². The van der Waals surface area contributed by atoms with Crippen LogP contribution in [-0.2, 0) is 15.0 Å². The van der Waals surface area contributed by atoms with E-state index in [2.05, 4.69) is 16.7 Å². The summed E-state index contributed by atoms with van der Waals surface area (Å²) in [5.74, 6) is -1.60. The van der Waals surface area contributed by atoms with Gasteiger partial charge in [0.1, 0.15) is 6.54 Å². The predicted molar refractivity (Wildman–Crippen MR) is 106 cm³/mol. The Kier molecular flexibility index (Phi) is 5.78. The molecule has 0 spiro atoms. The number of hydrogen-bond donors (Lipinski definition) is 3. The fourth-order valence-corrected chi connectivity index (χ4v) is 3.78. The molecule has 0 atom stereocenters. The van der Waals surface area contributed by atoms with Crippen LogP contribution in [0.15, 0.2) is 48.5 Å². The van der Waals surface area contributed by atoms with Gasteiger partial charge in [0.05, 0.1) is 5.41 Å². The lowest BCUT2D eigenvalue weighted by Crippen LogP contribution is -2.38. The Balaban J connectivity index is 1.74. The summed E-state index contributed by atoms with van der Waals surface area (Å²) in [7, 11) is 0. The first-order valence-electron chi connectivity index (χ1n) is 9.39. The first-order valence-corrected chi connectivity index (χ1v) is 9.39. The van der Waals surface area contributed by atoms with E-state index in [1.165, 1.54) is 0 Å². The number of nitrogens with one attached hydrogen (secondary N) is 2.